The van der Waals surface area contributed by atoms with Gasteiger partial charge in [0.2, 0.25) is 0 Å². The van der Waals surface area contributed by atoms with Gasteiger partial charge < -0.3 is 0 Å². The number of fused-ring (bicyclic) bond motifs is 1. The van der Waals surface area contributed by atoms with Crippen molar-refractivity contribution in [1.82, 2.24) is 5.32 Å². The van der Waals surface area contributed by atoms with Gasteiger partial charge in [0.15, 0.2) is 0 Å². The van der Waals surface area contributed by atoms with Crippen LogP contribution in [0.5, 0.6) is 0 Å². The molecule has 0 aromatic heterocycles. The second kappa shape index (κ2) is 12.6. The first kappa shape index (κ1) is 27.1. The van der Waals surface area contributed by atoms with Crippen LogP contribution in [0.25, 0.3) is 10.8 Å². The Labute approximate surface area is 225 Å². The summed E-state index contributed by atoms with van der Waals surface area (Å²) in [6, 6.07) is 30.6. The molecule has 191 valence electrons. The van der Waals surface area contributed by atoms with Crippen molar-refractivity contribution >= 4 is 39.4 Å². The van der Waals surface area contributed by atoms with Crippen LogP contribution in [0.4, 0.5) is 0 Å². The molecule has 0 heterocycles. The molecule has 1 unspecified atom stereocenters. The summed E-state index contributed by atoms with van der Waals surface area (Å²) < 4.78 is 26.8. The summed E-state index contributed by atoms with van der Waals surface area (Å²) in [5.41, 5.74) is 8.88. The molecule has 7 heteroatoms. The molecule has 0 fully saturated rings. The van der Waals surface area contributed by atoms with Gasteiger partial charge in [0.25, 0.3) is 0 Å². The number of nitrogens with two attached hydrogens (primary N) is 1. The number of hydrogen-bond donors (Lipinski definition) is 2. The molecule has 37 heavy (non-hydrogen) atoms. The maximum atomic E-state index is 13.7. The van der Waals surface area contributed by atoms with Crippen LogP contribution in [0.1, 0.15) is 35.6 Å². The van der Waals surface area contributed by atoms with Gasteiger partial charge in [-0.3, -0.25) is 0 Å². The topological polar surface area (TPSA) is 89.3 Å². The monoisotopic (exact) mass is 575 g/mol. The van der Waals surface area contributed by atoms with Crippen LogP contribution in [0.2, 0.25) is 4.71 Å². The molecule has 3 N–H and O–H groups in total. The first-order chi connectivity index (χ1) is 17.9. The van der Waals surface area contributed by atoms with Gasteiger partial charge >= 0.3 is 226 Å². The van der Waals surface area contributed by atoms with E-state index in [1.165, 1.54) is 0 Å². The van der Waals surface area contributed by atoms with Crippen LogP contribution in [0.3, 0.4) is 0 Å². The number of hydrogen-bond acceptors (Lipinski definition) is 4. The van der Waals surface area contributed by atoms with Crippen molar-refractivity contribution in [1.29, 1.82) is 0 Å². The molecule has 4 aromatic rings. The van der Waals surface area contributed by atoms with Crippen LogP contribution < -0.4 is 11.1 Å². The van der Waals surface area contributed by atoms with E-state index in [1.807, 2.05) is 97.9 Å². The summed E-state index contributed by atoms with van der Waals surface area (Å²) in [5.74, 6) is -0.224. The third-order valence-corrected chi connectivity index (χ3v) is 13.5. The second-order valence-corrected chi connectivity index (χ2v) is 16.4. The Kier molecular flexibility index (Phi) is 9.20. The zero-order chi connectivity index (χ0) is 26.3. The second-order valence-electron chi connectivity index (χ2n) is 9.11. The van der Waals surface area contributed by atoms with Crippen LogP contribution in [-0.2, 0) is 19.3 Å². The van der Waals surface area contributed by atoms with Crippen molar-refractivity contribution in [2.24, 2.45) is 5.73 Å². The molecule has 0 bridgehead atoms. The van der Waals surface area contributed by atoms with E-state index in [0.29, 0.717) is 36.1 Å². The predicted octanol–water partition coefficient (Wildman–Crippen LogP) is 5.17. The SMILES string of the molecule is Cc1ccc(S(=O)(=O)[As][C@@H](CCCN)C(=O)NC(Cc2ccccc2)c2ccccc2)c2ccccc12. The molecule has 0 aliphatic heterocycles. The van der Waals surface area contributed by atoms with Crippen molar-refractivity contribution in [3.8, 4) is 0 Å². The Morgan fingerprint density at radius 1 is 0.865 bits per heavy atom. The summed E-state index contributed by atoms with van der Waals surface area (Å²) >= 11 is -1.37. The third kappa shape index (κ3) is 6.89. The number of carbonyl (C=O) groups excluding carboxylic acids is 1. The van der Waals surface area contributed by atoms with Gasteiger partial charge in [0.1, 0.15) is 0 Å². The molecule has 0 aliphatic carbocycles. The van der Waals surface area contributed by atoms with E-state index in [2.05, 4.69) is 5.32 Å². The Bertz CT molecular complexity index is 1440. The number of rotatable bonds is 11. The summed E-state index contributed by atoms with van der Waals surface area (Å²) in [5, 5.41) is 4.82. The van der Waals surface area contributed by atoms with Gasteiger partial charge in [-0.25, -0.2) is 0 Å². The minimum atomic E-state index is -3.65. The van der Waals surface area contributed by atoms with Gasteiger partial charge in [-0.1, -0.05) is 0 Å². The number of benzene rings is 4. The standard InChI is InChI=1S/C30H32AsN2O3S/c1-22-18-19-29(26-16-9-8-15-25(22)26)37(35,36)31-27(17-10-20-32)30(34)33-28(24-13-6-3-7-14-24)21-23-11-4-2-5-12-23/h2-9,11-16,18-19,27-28H,10,17,20-21,32H2,1H3,(H,33,34)/t27-,28?/m0/s1. The van der Waals surface area contributed by atoms with E-state index in [-0.39, 0.29) is 11.9 Å². The summed E-state index contributed by atoms with van der Waals surface area (Å²) in [7, 11) is -3.65. The Balaban J connectivity index is 1.61. The van der Waals surface area contributed by atoms with Gasteiger partial charge in [-0.15, -0.1) is 0 Å². The van der Waals surface area contributed by atoms with E-state index < -0.39 is 27.4 Å². The summed E-state index contributed by atoms with van der Waals surface area (Å²) in [4.78, 5) is 14.0. The average molecular weight is 576 g/mol. The van der Waals surface area contributed by atoms with Crippen LogP contribution in [0.15, 0.2) is 102 Å². The van der Waals surface area contributed by atoms with Crippen molar-refractivity contribution in [2.75, 3.05) is 6.54 Å². The molecular formula is C30H32AsN2O3S. The van der Waals surface area contributed by atoms with Crippen molar-refractivity contribution in [2.45, 2.75) is 41.8 Å². The van der Waals surface area contributed by atoms with Crippen LogP contribution >= 0.6 is 0 Å². The van der Waals surface area contributed by atoms with Crippen molar-refractivity contribution in [3.63, 3.8) is 0 Å². The Hall–Kier alpha value is -2.92. The molecule has 2 atom stereocenters. The first-order valence-corrected chi connectivity index (χ1v) is 17.3. The first-order valence-electron chi connectivity index (χ1n) is 12.4. The molecule has 0 saturated carbocycles. The zero-order valence-electron chi connectivity index (χ0n) is 20.9. The van der Waals surface area contributed by atoms with Gasteiger partial charge in [0, 0.05) is 0 Å². The zero-order valence-corrected chi connectivity index (χ0v) is 23.6. The Morgan fingerprint density at radius 2 is 1.49 bits per heavy atom. The van der Waals surface area contributed by atoms with Crippen LogP contribution in [-0.4, -0.2) is 35.5 Å². The number of nitrogens with one attached hydrogen (secondary N) is 1. The van der Waals surface area contributed by atoms with Gasteiger partial charge in [0.05, 0.1) is 0 Å². The number of amides is 1. The van der Waals surface area contributed by atoms with E-state index in [4.69, 9.17) is 5.73 Å². The fourth-order valence-electron chi connectivity index (χ4n) is 4.47. The fraction of sp³-hybridized carbons (Fsp3) is 0.233. The molecule has 1 radical (unpaired) electrons. The average Bonchev–Trinajstić information content (AvgIpc) is 2.92. The molecule has 0 saturated heterocycles. The third-order valence-electron chi connectivity index (χ3n) is 6.43. The predicted molar refractivity (Wildman–Crippen MR) is 151 cm³/mol. The fourth-order valence-corrected chi connectivity index (χ4v) is 11.4. The normalized spacial score (nSPS) is 13.6. The minimum absolute atomic E-state index is 0.224. The molecule has 1 amide bonds. The van der Waals surface area contributed by atoms with Gasteiger partial charge in [-0.2, -0.15) is 0 Å². The molecule has 4 rings (SSSR count). The van der Waals surface area contributed by atoms with Crippen molar-refractivity contribution < 1.29 is 13.2 Å². The quantitative estimate of drug-likeness (QED) is 0.242. The van der Waals surface area contributed by atoms with E-state index >= 15 is 0 Å². The van der Waals surface area contributed by atoms with E-state index in [9.17, 15) is 13.2 Å². The number of carbonyl (C=O) groups is 1. The number of aryl methyl sites for hydroxylation is 1. The Morgan fingerprint density at radius 3 is 2.16 bits per heavy atom. The molecule has 0 spiro atoms. The van der Waals surface area contributed by atoms with E-state index in [1.54, 1.807) is 6.07 Å². The molecule has 5 nitrogen and oxygen atoms in total. The molecule has 0 aliphatic rings. The van der Waals surface area contributed by atoms with E-state index in [0.717, 1.165) is 22.1 Å². The summed E-state index contributed by atoms with van der Waals surface area (Å²) in [6.45, 7) is 2.38. The van der Waals surface area contributed by atoms with Crippen LogP contribution in [0, 0.1) is 6.92 Å². The summed E-state index contributed by atoms with van der Waals surface area (Å²) in [6.07, 6.45) is 1.65. The molecule has 4 aromatic carbocycles. The maximum absolute atomic E-state index is 13.7. The van der Waals surface area contributed by atoms with Crippen molar-refractivity contribution in [3.05, 3.63) is 114 Å². The molecular weight excluding hydrogens is 543 g/mol. The van der Waals surface area contributed by atoms with Gasteiger partial charge in [-0.05, 0) is 0 Å².